The second kappa shape index (κ2) is 3.73. The smallest absolute Gasteiger partial charge is 0.0546 e. The lowest BCUT2D eigenvalue weighted by atomic mass is 10.1. The summed E-state index contributed by atoms with van der Waals surface area (Å²) in [6, 6.07) is 5.56. The first-order chi connectivity index (χ1) is 6.59. The molecule has 3 atom stereocenters. The Morgan fingerprint density at radius 1 is 1.43 bits per heavy atom. The molecule has 1 aliphatic carbocycles. The van der Waals surface area contributed by atoms with Crippen LogP contribution in [0.3, 0.4) is 0 Å². The van der Waals surface area contributed by atoms with Crippen molar-refractivity contribution in [1.82, 2.24) is 0 Å². The molecule has 0 bridgehead atoms. The van der Waals surface area contributed by atoms with E-state index in [1.165, 1.54) is 0 Å². The third-order valence-electron chi connectivity index (χ3n) is 2.82. The fourth-order valence-corrected chi connectivity index (χ4v) is 2.46. The molecule has 0 amide bonds. The van der Waals surface area contributed by atoms with Gasteiger partial charge in [0.2, 0.25) is 0 Å². The molecule has 1 aliphatic rings. The number of aliphatic hydroxyl groups excluding tert-OH is 1. The van der Waals surface area contributed by atoms with Gasteiger partial charge in [-0.1, -0.05) is 29.3 Å². The molecule has 0 unspecified atom stereocenters. The fraction of sp³-hybridized carbons (Fsp3) is 0.455. The SMILES string of the molecule is C[C@@H](O)[C@H]1C[C@@H]1c1ccc(Cl)cc1Cl. The Hall–Kier alpha value is -0.240. The molecule has 0 aromatic heterocycles. The van der Waals surface area contributed by atoms with Crippen molar-refractivity contribution in [2.45, 2.75) is 25.4 Å². The zero-order valence-corrected chi connectivity index (χ0v) is 9.39. The van der Waals surface area contributed by atoms with Gasteiger partial charge in [-0.15, -0.1) is 0 Å². The number of rotatable bonds is 2. The topological polar surface area (TPSA) is 20.2 Å². The summed E-state index contributed by atoms with van der Waals surface area (Å²) in [6.45, 7) is 1.83. The molecule has 76 valence electrons. The maximum Gasteiger partial charge on any atom is 0.0546 e. The lowest BCUT2D eigenvalue weighted by molar-refractivity contribution is 0.169. The second-order valence-electron chi connectivity index (χ2n) is 3.91. The van der Waals surface area contributed by atoms with Gasteiger partial charge in [0.1, 0.15) is 0 Å². The number of hydrogen-bond acceptors (Lipinski definition) is 1. The molecule has 0 aliphatic heterocycles. The molecule has 2 rings (SSSR count). The third kappa shape index (κ3) is 1.90. The Labute approximate surface area is 93.7 Å². The summed E-state index contributed by atoms with van der Waals surface area (Å²) < 4.78 is 0. The van der Waals surface area contributed by atoms with Crippen molar-refractivity contribution in [3.63, 3.8) is 0 Å². The van der Waals surface area contributed by atoms with Crippen LogP contribution in [0, 0.1) is 5.92 Å². The van der Waals surface area contributed by atoms with Crippen LogP contribution in [0.2, 0.25) is 10.0 Å². The fourth-order valence-electron chi connectivity index (χ4n) is 1.91. The van der Waals surface area contributed by atoms with Crippen LogP contribution in [0.5, 0.6) is 0 Å². The molecule has 1 N–H and O–H groups in total. The summed E-state index contributed by atoms with van der Waals surface area (Å²) in [5.74, 6) is 0.786. The van der Waals surface area contributed by atoms with Crippen molar-refractivity contribution in [2.24, 2.45) is 5.92 Å². The second-order valence-corrected chi connectivity index (χ2v) is 4.76. The minimum absolute atomic E-state index is 0.244. The predicted octanol–water partition coefficient (Wildman–Crippen LogP) is 3.48. The molecule has 1 saturated carbocycles. The predicted molar refractivity (Wildman–Crippen MR) is 59.0 cm³/mol. The van der Waals surface area contributed by atoms with Crippen LogP contribution >= 0.6 is 23.2 Å². The molecule has 0 spiro atoms. The summed E-state index contributed by atoms with van der Waals surface area (Å²) in [5.41, 5.74) is 1.11. The molecular formula is C11H12Cl2O. The average molecular weight is 231 g/mol. The van der Waals surface area contributed by atoms with E-state index in [0.29, 0.717) is 21.9 Å². The maximum atomic E-state index is 9.40. The highest BCUT2D eigenvalue weighted by molar-refractivity contribution is 6.35. The van der Waals surface area contributed by atoms with Crippen LogP contribution in [0.25, 0.3) is 0 Å². The van der Waals surface area contributed by atoms with E-state index in [-0.39, 0.29) is 6.10 Å². The molecule has 14 heavy (non-hydrogen) atoms. The molecular weight excluding hydrogens is 219 g/mol. The zero-order valence-electron chi connectivity index (χ0n) is 7.87. The van der Waals surface area contributed by atoms with E-state index in [1.54, 1.807) is 6.07 Å². The van der Waals surface area contributed by atoms with Gasteiger partial charge < -0.3 is 5.11 Å². The standard InChI is InChI=1S/C11H12Cl2O/c1-6(14)9-5-10(9)8-3-2-7(12)4-11(8)13/h2-4,6,9-10,14H,5H2,1H3/t6-,9-,10-/m1/s1. The number of hydrogen-bond donors (Lipinski definition) is 1. The van der Waals surface area contributed by atoms with Gasteiger partial charge in [0, 0.05) is 10.0 Å². The van der Waals surface area contributed by atoms with E-state index in [4.69, 9.17) is 23.2 Å². The Kier molecular flexibility index (Phi) is 2.74. The first-order valence-corrected chi connectivity index (χ1v) is 5.48. The molecule has 1 aromatic rings. The largest absolute Gasteiger partial charge is 0.393 e. The van der Waals surface area contributed by atoms with Crippen LogP contribution in [0.15, 0.2) is 18.2 Å². The Morgan fingerprint density at radius 2 is 2.14 bits per heavy atom. The van der Waals surface area contributed by atoms with Crippen LogP contribution in [0.1, 0.15) is 24.8 Å². The van der Waals surface area contributed by atoms with Crippen LogP contribution in [-0.4, -0.2) is 11.2 Å². The molecule has 1 aromatic carbocycles. The average Bonchev–Trinajstić information content (AvgIpc) is 2.83. The van der Waals surface area contributed by atoms with E-state index in [9.17, 15) is 5.11 Å². The van der Waals surface area contributed by atoms with Crippen molar-refractivity contribution < 1.29 is 5.11 Å². The molecule has 3 heteroatoms. The number of halogens is 2. The maximum absolute atomic E-state index is 9.40. The summed E-state index contributed by atoms with van der Waals surface area (Å²) >= 11 is 11.9. The van der Waals surface area contributed by atoms with Gasteiger partial charge in [0.15, 0.2) is 0 Å². The summed E-state index contributed by atoms with van der Waals surface area (Å²) in [4.78, 5) is 0. The monoisotopic (exact) mass is 230 g/mol. The number of benzene rings is 1. The van der Waals surface area contributed by atoms with E-state index in [2.05, 4.69) is 0 Å². The quantitative estimate of drug-likeness (QED) is 0.826. The first-order valence-electron chi connectivity index (χ1n) is 4.72. The summed E-state index contributed by atoms with van der Waals surface area (Å²) in [6.07, 6.45) is 0.783. The minimum atomic E-state index is -0.244. The van der Waals surface area contributed by atoms with Crippen molar-refractivity contribution in [2.75, 3.05) is 0 Å². The van der Waals surface area contributed by atoms with Gasteiger partial charge in [0.25, 0.3) is 0 Å². The molecule has 0 heterocycles. The van der Waals surface area contributed by atoms with Crippen molar-refractivity contribution in [3.8, 4) is 0 Å². The van der Waals surface area contributed by atoms with Gasteiger partial charge >= 0.3 is 0 Å². The summed E-state index contributed by atoms with van der Waals surface area (Å²) in [7, 11) is 0. The van der Waals surface area contributed by atoms with Crippen molar-refractivity contribution >= 4 is 23.2 Å². The molecule has 1 fully saturated rings. The van der Waals surface area contributed by atoms with E-state index >= 15 is 0 Å². The number of aliphatic hydroxyl groups is 1. The van der Waals surface area contributed by atoms with Gasteiger partial charge in [0.05, 0.1) is 6.10 Å². The van der Waals surface area contributed by atoms with Crippen LogP contribution in [-0.2, 0) is 0 Å². The van der Waals surface area contributed by atoms with E-state index in [0.717, 1.165) is 12.0 Å². The zero-order chi connectivity index (χ0) is 10.3. The van der Waals surface area contributed by atoms with E-state index < -0.39 is 0 Å². The highest BCUT2D eigenvalue weighted by Crippen LogP contribution is 2.51. The Morgan fingerprint density at radius 3 is 2.64 bits per heavy atom. The van der Waals surface area contributed by atoms with Crippen LogP contribution in [0.4, 0.5) is 0 Å². The highest BCUT2D eigenvalue weighted by atomic mass is 35.5. The Balaban J connectivity index is 2.19. The lowest BCUT2D eigenvalue weighted by Crippen LogP contribution is -2.03. The van der Waals surface area contributed by atoms with Gasteiger partial charge in [-0.2, -0.15) is 0 Å². The molecule has 0 saturated heterocycles. The van der Waals surface area contributed by atoms with E-state index in [1.807, 2.05) is 19.1 Å². The van der Waals surface area contributed by atoms with Gasteiger partial charge in [-0.3, -0.25) is 0 Å². The highest BCUT2D eigenvalue weighted by Gasteiger charge is 2.42. The lowest BCUT2D eigenvalue weighted by Gasteiger charge is -2.05. The minimum Gasteiger partial charge on any atom is -0.393 e. The van der Waals surface area contributed by atoms with Crippen molar-refractivity contribution in [1.29, 1.82) is 0 Å². The normalized spacial score (nSPS) is 27.4. The molecule has 0 radical (unpaired) electrons. The van der Waals surface area contributed by atoms with Gasteiger partial charge in [-0.25, -0.2) is 0 Å². The Bertz CT molecular complexity index is 349. The van der Waals surface area contributed by atoms with Crippen LogP contribution < -0.4 is 0 Å². The summed E-state index contributed by atoms with van der Waals surface area (Å²) in [5, 5.41) is 10.8. The first kappa shape index (κ1) is 10.3. The molecule has 1 nitrogen and oxygen atoms in total. The van der Waals surface area contributed by atoms with Gasteiger partial charge in [-0.05, 0) is 42.9 Å². The van der Waals surface area contributed by atoms with Crippen molar-refractivity contribution in [3.05, 3.63) is 33.8 Å². The third-order valence-corrected chi connectivity index (χ3v) is 3.38.